The summed E-state index contributed by atoms with van der Waals surface area (Å²) in [6.07, 6.45) is 0. The first-order valence-electron chi connectivity index (χ1n) is 5.44. The lowest BCUT2D eigenvalue weighted by molar-refractivity contribution is 0.262. The van der Waals surface area contributed by atoms with E-state index in [1.165, 1.54) is 12.1 Å². The molecule has 104 valence electrons. The molecular weight excluding hydrogens is 293 g/mol. The van der Waals surface area contributed by atoms with Crippen molar-refractivity contribution >= 4 is 29.0 Å². The summed E-state index contributed by atoms with van der Waals surface area (Å²) >= 11 is 5.66. The van der Waals surface area contributed by atoms with Crippen LogP contribution in [-0.4, -0.2) is 6.03 Å². The molecule has 0 aliphatic rings. The van der Waals surface area contributed by atoms with Crippen LogP contribution in [0.15, 0.2) is 36.4 Å². The highest BCUT2D eigenvalue weighted by Crippen LogP contribution is 2.20. The molecule has 0 fully saturated rings. The molecule has 7 heteroatoms. The molecule has 0 unspecified atom stereocenters. The molecule has 2 aromatic carbocycles. The van der Waals surface area contributed by atoms with Crippen molar-refractivity contribution in [2.45, 2.75) is 0 Å². The van der Waals surface area contributed by atoms with E-state index < -0.39 is 23.5 Å². The first-order chi connectivity index (χ1) is 9.45. The number of anilines is 2. The van der Waals surface area contributed by atoms with Gasteiger partial charge in [0.2, 0.25) is 0 Å². The molecule has 0 aliphatic carbocycles. The number of halogens is 4. The number of carbonyl (C=O) groups excluding carboxylic acids is 1. The molecule has 0 spiro atoms. The minimum atomic E-state index is -0.938. The largest absolute Gasteiger partial charge is 0.323 e. The maximum absolute atomic E-state index is 13.4. The van der Waals surface area contributed by atoms with Gasteiger partial charge in [-0.05, 0) is 30.3 Å². The molecule has 2 aromatic rings. The van der Waals surface area contributed by atoms with Gasteiger partial charge >= 0.3 is 6.03 Å². The van der Waals surface area contributed by atoms with Gasteiger partial charge < -0.3 is 10.6 Å². The van der Waals surface area contributed by atoms with E-state index >= 15 is 0 Å². The molecule has 0 bridgehead atoms. The van der Waals surface area contributed by atoms with Crippen molar-refractivity contribution in [3.8, 4) is 0 Å². The van der Waals surface area contributed by atoms with Gasteiger partial charge in [0, 0.05) is 11.1 Å². The van der Waals surface area contributed by atoms with E-state index in [0.717, 1.165) is 18.2 Å². The molecule has 0 radical (unpaired) electrons. The quantitative estimate of drug-likeness (QED) is 0.848. The van der Waals surface area contributed by atoms with Gasteiger partial charge in [-0.3, -0.25) is 0 Å². The lowest BCUT2D eigenvalue weighted by Gasteiger charge is -2.09. The molecule has 3 nitrogen and oxygen atoms in total. The summed E-state index contributed by atoms with van der Waals surface area (Å²) in [6, 6.07) is 5.39. The Kier molecular flexibility index (Phi) is 4.14. The lowest BCUT2D eigenvalue weighted by atomic mass is 10.3. The second kappa shape index (κ2) is 5.83. The Balaban J connectivity index is 2.11. The molecule has 0 aliphatic heterocycles. The molecule has 2 amide bonds. The second-order valence-corrected chi connectivity index (χ2v) is 4.26. The Labute approximate surface area is 117 Å². The van der Waals surface area contributed by atoms with Gasteiger partial charge in [0.15, 0.2) is 0 Å². The zero-order valence-electron chi connectivity index (χ0n) is 9.88. The topological polar surface area (TPSA) is 41.1 Å². The Morgan fingerprint density at radius 3 is 2.30 bits per heavy atom. The van der Waals surface area contributed by atoms with Crippen LogP contribution in [0.3, 0.4) is 0 Å². The van der Waals surface area contributed by atoms with Crippen LogP contribution < -0.4 is 10.6 Å². The van der Waals surface area contributed by atoms with Crippen LogP contribution >= 0.6 is 11.6 Å². The summed E-state index contributed by atoms with van der Waals surface area (Å²) in [4.78, 5) is 11.6. The fourth-order valence-electron chi connectivity index (χ4n) is 1.46. The monoisotopic (exact) mass is 300 g/mol. The van der Waals surface area contributed by atoms with Gasteiger partial charge in [0.1, 0.15) is 17.5 Å². The van der Waals surface area contributed by atoms with Crippen LogP contribution in [-0.2, 0) is 0 Å². The highest BCUT2D eigenvalue weighted by atomic mass is 35.5. The third-order valence-corrected chi connectivity index (χ3v) is 2.59. The summed E-state index contributed by atoms with van der Waals surface area (Å²) in [5, 5.41) is 4.53. The highest BCUT2D eigenvalue weighted by Gasteiger charge is 2.10. The average Bonchev–Trinajstić information content (AvgIpc) is 2.37. The van der Waals surface area contributed by atoms with Crippen LogP contribution in [0.4, 0.5) is 29.3 Å². The fraction of sp³-hybridized carbons (Fsp3) is 0. The number of rotatable bonds is 2. The minimum absolute atomic E-state index is 0.155. The smallest absolute Gasteiger partial charge is 0.305 e. The van der Waals surface area contributed by atoms with Crippen molar-refractivity contribution in [3.05, 3.63) is 58.9 Å². The number of hydrogen-bond donors (Lipinski definition) is 2. The Morgan fingerprint density at radius 1 is 0.900 bits per heavy atom. The third-order valence-electron chi connectivity index (χ3n) is 2.36. The third kappa shape index (κ3) is 3.42. The van der Waals surface area contributed by atoms with E-state index in [9.17, 15) is 18.0 Å². The number of nitrogens with one attached hydrogen (secondary N) is 2. The predicted octanol–water partition coefficient (Wildman–Crippen LogP) is 4.40. The van der Waals surface area contributed by atoms with E-state index in [1.54, 1.807) is 0 Å². The van der Waals surface area contributed by atoms with Crippen molar-refractivity contribution in [2.24, 2.45) is 0 Å². The number of benzene rings is 2. The second-order valence-electron chi connectivity index (χ2n) is 3.83. The molecule has 2 N–H and O–H groups in total. The van der Waals surface area contributed by atoms with Gasteiger partial charge in [0.25, 0.3) is 0 Å². The zero-order chi connectivity index (χ0) is 14.7. The summed E-state index contributed by atoms with van der Waals surface area (Å²) < 4.78 is 39.4. The van der Waals surface area contributed by atoms with E-state index in [4.69, 9.17) is 11.6 Å². The summed E-state index contributed by atoms with van der Waals surface area (Å²) in [5.41, 5.74) is -0.385. The van der Waals surface area contributed by atoms with Gasteiger partial charge in [-0.25, -0.2) is 18.0 Å². The van der Waals surface area contributed by atoms with Gasteiger partial charge in [-0.15, -0.1) is 0 Å². The molecule has 2 rings (SSSR count). The molecule has 0 saturated carbocycles. The molecular formula is C13H8ClF3N2O. The Morgan fingerprint density at radius 2 is 1.60 bits per heavy atom. The predicted molar refractivity (Wildman–Crippen MR) is 70.4 cm³/mol. The fourth-order valence-corrected chi connectivity index (χ4v) is 1.63. The van der Waals surface area contributed by atoms with Crippen molar-refractivity contribution in [1.29, 1.82) is 0 Å². The normalized spacial score (nSPS) is 10.2. The molecule has 0 aromatic heterocycles. The number of carbonyl (C=O) groups is 1. The summed E-state index contributed by atoms with van der Waals surface area (Å²) in [6.45, 7) is 0. The first kappa shape index (κ1) is 14.2. The number of urea groups is 1. The minimum Gasteiger partial charge on any atom is -0.305 e. The SMILES string of the molecule is O=C(Nc1ccc(F)cc1F)Nc1cc(Cl)ccc1F. The molecule has 0 atom stereocenters. The number of hydrogen-bond acceptors (Lipinski definition) is 1. The van der Waals surface area contributed by atoms with Crippen molar-refractivity contribution in [2.75, 3.05) is 10.6 Å². The molecule has 0 heterocycles. The van der Waals surface area contributed by atoms with E-state index in [1.807, 2.05) is 0 Å². The van der Waals surface area contributed by atoms with Crippen molar-refractivity contribution in [1.82, 2.24) is 0 Å². The van der Waals surface area contributed by atoms with Crippen LogP contribution in [0, 0.1) is 17.5 Å². The van der Waals surface area contributed by atoms with E-state index in [0.29, 0.717) is 6.07 Å². The van der Waals surface area contributed by atoms with Gasteiger partial charge in [-0.2, -0.15) is 0 Å². The van der Waals surface area contributed by atoms with E-state index in [2.05, 4.69) is 10.6 Å². The van der Waals surface area contributed by atoms with Crippen LogP contribution in [0.2, 0.25) is 5.02 Å². The van der Waals surface area contributed by atoms with Crippen molar-refractivity contribution in [3.63, 3.8) is 0 Å². The maximum Gasteiger partial charge on any atom is 0.323 e. The highest BCUT2D eigenvalue weighted by molar-refractivity contribution is 6.30. The molecule has 0 saturated heterocycles. The number of amides is 2. The van der Waals surface area contributed by atoms with Crippen molar-refractivity contribution < 1.29 is 18.0 Å². The van der Waals surface area contributed by atoms with Gasteiger partial charge in [0.05, 0.1) is 11.4 Å². The van der Waals surface area contributed by atoms with Crippen LogP contribution in [0.25, 0.3) is 0 Å². The average molecular weight is 301 g/mol. The Hall–Kier alpha value is -2.21. The summed E-state index contributed by atoms with van der Waals surface area (Å²) in [5.74, 6) is -2.40. The first-order valence-corrected chi connectivity index (χ1v) is 5.81. The molecule has 20 heavy (non-hydrogen) atoms. The Bertz CT molecular complexity index is 664. The van der Waals surface area contributed by atoms with Crippen LogP contribution in [0.1, 0.15) is 0 Å². The maximum atomic E-state index is 13.4. The standard InChI is InChI=1S/C13H8ClF3N2O/c14-7-1-3-9(16)12(5-7)19-13(20)18-11-4-2-8(15)6-10(11)17/h1-6H,(H2,18,19,20). The van der Waals surface area contributed by atoms with Crippen LogP contribution in [0.5, 0.6) is 0 Å². The zero-order valence-corrected chi connectivity index (χ0v) is 10.6. The van der Waals surface area contributed by atoms with Gasteiger partial charge in [-0.1, -0.05) is 11.6 Å². The van der Waals surface area contributed by atoms with E-state index in [-0.39, 0.29) is 16.4 Å². The lowest BCUT2D eigenvalue weighted by Crippen LogP contribution is -2.20. The summed E-state index contributed by atoms with van der Waals surface area (Å²) in [7, 11) is 0.